The zero-order valence-electron chi connectivity index (χ0n) is 13.8. The van der Waals surface area contributed by atoms with Crippen molar-refractivity contribution >= 4 is 22.6 Å². The van der Waals surface area contributed by atoms with Gasteiger partial charge in [0.2, 0.25) is 0 Å². The number of hydrogen-bond acceptors (Lipinski definition) is 5. The Bertz CT molecular complexity index is 1020. The average Bonchev–Trinajstić information content (AvgIpc) is 2.65. The number of amides is 1. The van der Waals surface area contributed by atoms with Crippen molar-refractivity contribution in [2.24, 2.45) is 5.10 Å². The van der Waals surface area contributed by atoms with Crippen LogP contribution >= 0.6 is 0 Å². The standard InChI is InChI=1S/C19H16N2O4/c1-12(15-11-13-7-3-5-9-16(13)25-19(15)23)20-21-18(22)14-8-4-6-10-17(14)24-2/h3-11H,1-2H3,(H,21,22). The molecule has 3 aromatic rings. The van der Waals surface area contributed by atoms with Crippen molar-refractivity contribution in [3.8, 4) is 5.75 Å². The van der Waals surface area contributed by atoms with Gasteiger partial charge in [-0.05, 0) is 31.2 Å². The highest BCUT2D eigenvalue weighted by molar-refractivity contribution is 6.02. The predicted molar refractivity (Wildman–Crippen MR) is 95.2 cm³/mol. The third kappa shape index (κ3) is 3.42. The first kappa shape index (κ1) is 16.4. The second-order valence-electron chi connectivity index (χ2n) is 5.32. The number of nitrogens with zero attached hydrogens (tertiary/aromatic N) is 1. The van der Waals surface area contributed by atoms with Gasteiger partial charge >= 0.3 is 5.63 Å². The minimum absolute atomic E-state index is 0.291. The Hall–Kier alpha value is -3.41. The fourth-order valence-corrected chi connectivity index (χ4v) is 2.40. The van der Waals surface area contributed by atoms with Crippen LogP contribution in [0.5, 0.6) is 5.75 Å². The van der Waals surface area contributed by atoms with Crippen LogP contribution in [0.1, 0.15) is 22.8 Å². The lowest BCUT2D eigenvalue weighted by Crippen LogP contribution is -2.22. The Labute approximate surface area is 143 Å². The van der Waals surface area contributed by atoms with Crippen molar-refractivity contribution in [3.05, 3.63) is 76.1 Å². The van der Waals surface area contributed by atoms with Crippen molar-refractivity contribution in [2.45, 2.75) is 6.92 Å². The highest BCUT2D eigenvalue weighted by Gasteiger charge is 2.12. The van der Waals surface area contributed by atoms with Gasteiger partial charge in [0.25, 0.3) is 5.91 Å². The van der Waals surface area contributed by atoms with Crippen molar-refractivity contribution in [2.75, 3.05) is 7.11 Å². The van der Waals surface area contributed by atoms with Gasteiger partial charge in [-0.2, -0.15) is 5.10 Å². The number of benzene rings is 2. The number of para-hydroxylation sites is 2. The number of nitrogens with one attached hydrogen (secondary N) is 1. The number of carbonyl (C=O) groups is 1. The SMILES string of the molecule is COc1ccccc1C(=O)NN=C(C)c1cc2ccccc2oc1=O. The van der Waals surface area contributed by atoms with Crippen LogP contribution in [-0.4, -0.2) is 18.7 Å². The third-order valence-corrected chi connectivity index (χ3v) is 3.71. The van der Waals surface area contributed by atoms with Crippen LogP contribution in [0.4, 0.5) is 0 Å². The summed E-state index contributed by atoms with van der Waals surface area (Å²) in [6.07, 6.45) is 0. The number of hydrazone groups is 1. The van der Waals surface area contributed by atoms with Gasteiger partial charge in [-0.25, -0.2) is 10.2 Å². The van der Waals surface area contributed by atoms with E-state index in [2.05, 4.69) is 10.5 Å². The molecule has 0 aliphatic heterocycles. The van der Waals surface area contributed by atoms with E-state index in [1.165, 1.54) is 7.11 Å². The first-order valence-corrected chi connectivity index (χ1v) is 7.61. The maximum Gasteiger partial charge on any atom is 0.345 e. The van der Waals surface area contributed by atoms with Crippen molar-refractivity contribution in [1.29, 1.82) is 0 Å². The first-order valence-electron chi connectivity index (χ1n) is 7.61. The van der Waals surface area contributed by atoms with Gasteiger partial charge in [-0.3, -0.25) is 4.79 Å². The molecule has 0 aliphatic carbocycles. The summed E-state index contributed by atoms with van der Waals surface area (Å²) < 4.78 is 10.4. The maximum absolute atomic E-state index is 12.3. The van der Waals surface area contributed by atoms with E-state index >= 15 is 0 Å². The van der Waals surface area contributed by atoms with Crippen molar-refractivity contribution in [3.63, 3.8) is 0 Å². The topological polar surface area (TPSA) is 80.9 Å². The molecule has 0 aliphatic rings. The molecule has 0 saturated carbocycles. The van der Waals surface area contributed by atoms with Gasteiger partial charge in [0.05, 0.1) is 23.9 Å². The van der Waals surface area contributed by atoms with Gasteiger partial charge in [-0.1, -0.05) is 30.3 Å². The second kappa shape index (κ2) is 7.00. The quantitative estimate of drug-likeness (QED) is 0.451. The molecule has 3 rings (SSSR count). The van der Waals surface area contributed by atoms with Crippen LogP contribution in [0.15, 0.2) is 68.9 Å². The summed E-state index contributed by atoms with van der Waals surface area (Å²) in [5, 5.41) is 4.80. The third-order valence-electron chi connectivity index (χ3n) is 3.71. The number of rotatable bonds is 4. The molecule has 126 valence electrons. The molecule has 25 heavy (non-hydrogen) atoms. The van der Waals surface area contributed by atoms with E-state index < -0.39 is 11.5 Å². The van der Waals surface area contributed by atoms with Gasteiger partial charge in [0.15, 0.2) is 0 Å². The summed E-state index contributed by atoms with van der Waals surface area (Å²) in [5.74, 6) is 0.0139. The summed E-state index contributed by atoms with van der Waals surface area (Å²) in [5.41, 5.74) is 3.42. The molecule has 6 heteroatoms. The Morgan fingerprint density at radius 1 is 1.08 bits per heavy atom. The van der Waals surface area contributed by atoms with Crippen LogP contribution in [0.3, 0.4) is 0 Å². The highest BCUT2D eigenvalue weighted by Crippen LogP contribution is 2.17. The molecular weight excluding hydrogens is 320 g/mol. The average molecular weight is 336 g/mol. The molecule has 2 aromatic carbocycles. The molecule has 1 heterocycles. The molecule has 1 N–H and O–H groups in total. The Morgan fingerprint density at radius 3 is 2.60 bits per heavy atom. The van der Waals surface area contributed by atoms with E-state index in [1.54, 1.807) is 49.4 Å². The van der Waals surface area contributed by atoms with E-state index in [9.17, 15) is 9.59 Å². The Kier molecular flexibility index (Phi) is 4.61. The molecule has 0 bridgehead atoms. The van der Waals surface area contributed by atoms with E-state index in [0.29, 0.717) is 28.2 Å². The lowest BCUT2D eigenvalue weighted by molar-refractivity contribution is 0.0952. The molecule has 0 atom stereocenters. The lowest BCUT2D eigenvalue weighted by atomic mass is 10.1. The van der Waals surface area contributed by atoms with E-state index in [1.807, 2.05) is 12.1 Å². The summed E-state index contributed by atoms with van der Waals surface area (Å²) in [6.45, 7) is 1.63. The summed E-state index contributed by atoms with van der Waals surface area (Å²) in [4.78, 5) is 24.4. The first-order chi connectivity index (χ1) is 12.1. The van der Waals surface area contributed by atoms with Crippen molar-refractivity contribution < 1.29 is 13.9 Å². The molecule has 6 nitrogen and oxygen atoms in total. The zero-order chi connectivity index (χ0) is 17.8. The smallest absolute Gasteiger partial charge is 0.345 e. The van der Waals surface area contributed by atoms with Gasteiger partial charge in [-0.15, -0.1) is 0 Å². The number of fused-ring (bicyclic) bond motifs is 1. The number of ether oxygens (including phenoxy) is 1. The van der Waals surface area contributed by atoms with Gasteiger partial charge < -0.3 is 9.15 Å². The van der Waals surface area contributed by atoms with E-state index in [4.69, 9.17) is 9.15 Å². The molecule has 0 fully saturated rings. The van der Waals surface area contributed by atoms with Crippen molar-refractivity contribution in [1.82, 2.24) is 5.43 Å². The summed E-state index contributed by atoms with van der Waals surface area (Å²) in [7, 11) is 1.49. The van der Waals surface area contributed by atoms with Crippen LogP contribution < -0.4 is 15.8 Å². The van der Waals surface area contributed by atoms with Gasteiger partial charge in [0.1, 0.15) is 11.3 Å². The van der Waals surface area contributed by atoms with Crippen LogP contribution in [0.25, 0.3) is 11.0 Å². The largest absolute Gasteiger partial charge is 0.496 e. The van der Waals surface area contributed by atoms with Gasteiger partial charge in [0, 0.05) is 5.39 Å². The minimum atomic E-state index is -0.508. The normalized spacial score (nSPS) is 11.4. The van der Waals surface area contributed by atoms with E-state index in [-0.39, 0.29) is 0 Å². The van der Waals surface area contributed by atoms with Crippen LogP contribution in [0, 0.1) is 0 Å². The van der Waals surface area contributed by atoms with Crippen LogP contribution in [-0.2, 0) is 0 Å². The molecule has 0 unspecified atom stereocenters. The molecule has 0 saturated heterocycles. The predicted octanol–water partition coefficient (Wildman–Crippen LogP) is 2.96. The number of methoxy groups -OCH3 is 1. The monoisotopic (exact) mass is 336 g/mol. The molecule has 1 amide bonds. The molecule has 0 radical (unpaired) electrons. The Morgan fingerprint density at radius 2 is 1.80 bits per heavy atom. The minimum Gasteiger partial charge on any atom is -0.496 e. The van der Waals surface area contributed by atoms with Crippen LogP contribution in [0.2, 0.25) is 0 Å². The number of hydrogen-bond donors (Lipinski definition) is 1. The Balaban J connectivity index is 1.88. The lowest BCUT2D eigenvalue weighted by Gasteiger charge is -2.07. The van der Waals surface area contributed by atoms with E-state index in [0.717, 1.165) is 5.39 Å². The summed E-state index contributed by atoms with van der Waals surface area (Å²) in [6, 6.07) is 15.7. The fraction of sp³-hybridized carbons (Fsp3) is 0.105. The molecule has 0 spiro atoms. The molecular formula is C19H16N2O4. The second-order valence-corrected chi connectivity index (χ2v) is 5.32. The summed E-state index contributed by atoms with van der Waals surface area (Å²) >= 11 is 0. The fourth-order valence-electron chi connectivity index (χ4n) is 2.40. The molecule has 1 aromatic heterocycles. The highest BCUT2D eigenvalue weighted by atomic mass is 16.5. The number of carbonyl (C=O) groups excluding carboxylic acids is 1. The zero-order valence-corrected chi connectivity index (χ0v) is 13.8. The maximum atomic E-state index is 12.3.